The summed E-state index contributed by atoms with van der Waals surface area (Å²) in [5.41, 5.74) is 1.20. The van der Waals surface area contributed by atoms with Crippen LogP contribution in [-0.4, -0.2) is 31.1 Å². The first-order valence-corrected chi connectivity index (χ1v) is 5.89. The van der Waals surface area contributed by atoms with Crippen molar-refractivity contribution in [3.8, 4) is 0 Å². The first-order chi connectivity index (χ1) is 8.11. The van der Waals surface area contributed by atoms with Crippen molar-refractivity contribution in [3.63, 3.8) is 0 Å². The summed E-state index contributed by atoms with van der Waals surface area (Å²) < 4.78 is 4.92. The first-order valence-electron chi connectivity index (χ1n) is 5.89. The fourth-order valence-corrected chi connectivity index (χ4v) is 1.25. The number of carbonyl (C=O) groups is 1. The van der Waals surface area contributed by atoms with Gasteiger partial charge in [0.25, 0.3) is 0 Å². The maximum absolute atomic E-state index is 10.8. The van der Waals surface area contributed by atoms with Gasteiger partial charge in [-0.05, 0) is 26.2 Å². The molecular weight excluding hydrogens is 214 g/mol. The first kappa shape index (κ1) is 15.5. The maximum Gasteiger partial charge on any atom is 0.330 e. The summed E-state index contributed by atoms with van der Waals surface area (Å²) in [6.07, 6.45) is 8.53. The van der Waals surface area contributed by atoms with E-state index in [1.165, 1.54) is 11.8 Å². The number of ether oxygens (including phenoxy) is 1. The molecule has 0 aliphatic carbocycles. The fourth-order valence-electron chi connectivity index (χ4n) is 1.25. The largest absolute Gasteiger partial charge is 0.461 e. The van der Waals surface area contributed by atoms with Crippen LogP contribution in [0.5, 0.6) is 0 Å². The van der Waals surface area contributed by atoms with Gasteiger partial charge in [-0.1, -0.05) is 18.7 Å². The van der Waals surface area contributed by atoms with E-state index in [1.807, 2.05) is 13.1 Å². The number of rotatable bonds is 9. The highest BCUT2D eigenvalue weighted by molar-refractivity contribution is 5.81. The highest BCUT2D eigenvalue weighted by Gasteiger charge is 2.00. The van der Waals surface area contributed by atoms with E-state index in [2.05, 4.69) is 31.1 Å². The third kappa shape index (κ3) is 8.31. The van der Waals surface area contributed by atoms with Crippen molar-refractivity contribution in [2.24, 2.45) is 0 Å². The zero-order valence-corrected chi connectivity index (χ0v) is 10.9. The van der Waals surface area contributed by atoms with E-state index >= 15 is 0 Å². The van der Waals surface area contributed by atoms with Crippen LogP contribution in [0.1, 0.15) is 26.2 Å². The quantitative estimate of drug-likeness (QED) is 0.267. The van der Waals surface area contributed by atoms with Gasteiger partial charge in [0.15, 0.2) is 0 Å². The monoisotopic (exact) mass is 237 g/mol. The summed E-state index contributed by atoms with van der Waals surface area (Å²) in [7, 11) is 1.99. The van der Waals surface area contributed by atoms with Crippen LogP contribution in [0, 0.1) is 0 Å². The molecule has 0 spiro atoms. The summed E-state index contributed by atoms with van der Waals surface area (Å²) in [5.74, 6) is -0.369. The van der Waals surface area contributed by atoms with Gasteiger partial charge < -0.3 is 9.64 Å². The summed E-state index contributed by atoms with van der Waals surface area (Å²) in [4.78, 5) is 12.9. The molecule has 0 aromatic heterocycles. The van der Waals surface area contributed by atoms with Crippen molar-refractivity contribution in [1.29, 1.82) is 0 Å². The Hall–Kier alpha value is -1.51. The Morgan fingerprint density at radius 3 is 2.65 bits per heavy atom. The molecule has 0 saturated carbocycles. The van der Waals surface area contributed by atoms with Gasteiger partial charge in [-0.15, -0.1) is 6.58 Å². The van der Waals surface area contributed by atoms with E-state index in [1.54, 1.807) is 0 Å². The molecule has 0 heterocycles. The van der Waals surface area contributed by atoms with Crippen molar-refractivity contribution in [2.45, 2.75) is 26.2 Å². The molecule has 0 aromatic rings. The third-order valence-corrected chi connectivity index (χ3v) is 2.49. The molecule has 3 nitrogen and oxygen atoms in total. The van der Waals surface area contributed by atoms with E-state index in [4.69, 9.17) is 4.74 Å². The van der Waals surface area contributed by atoms with E-state index in [-0.39, 0.29) is 5.97 Å². The Balaban J connectivity index is 3.79. The minimum atomic E-state index is -0.369. The van der Waals surface area contributed by atoms with E-state index < -0.39 is 0 Å². The average molecular weight is 237 g/mol. The molecule has 0 aliphatic heterocycles. The number of likely N-dealkylation sites (N-methyl/N-ethyl adjacent to an activating group) is 1. The zero-order valence-electron chi connectivity index (χ0n) is 10.9. The average Bonchev–Trinajstić information content (AvgIpc) is 2.33. The van der Waals surface area contributed by atoms with Crippen molar-refractivity contribution < 1.29 is 9.53 Å². The lowest BCUT2D eigenvalue weighted by Gasteiger charge is -2.19. The predicted octanol–water partition coefficient (Wildman–Crippen LogP) is 2.91. The van der Waals surface area contributed by atoms with Gasteiger partial charge in [-0.3, -0.25) is 0 Å². The molecule has 3 heteroatoms. The lowest BCUT2D eigenvalue weighted by Crippen LogP contribution is -2.22. The predicted molar refractivity (Wildman–Crippen MR) is 71.6 cm³/mol. The van der Waals surface area contributed by atoms with Crippen molar-refractivity contribution in [2.75, 3.05) is 20.2 Å². The second-order valence-electron chi connectivity index (χ2n) is 3.86. The van der Waals surface area contributed by atoms with Crippen LogP contribution < -0.4 is 0 Å². The number of hydrogen-bond acceptors (Lipinski definition) is 3. The molecular formula is C14H23NO2. The van der Waals surface area contributed by atoms with Crippen LogP contribution in [0.15, 0.2) is 37.1 Å². The molecule has 0 rings (SSSR count). The van der Waals surface area contributed by atoms with Crippen molar-refractivity contribution in [3.05, 3.63) is 37.1 Å². The number of unbranched alkanes of at least 4 members (excludes halogenated alkanes) is 2. The molecule has 0 amide bonds. The van der Waals surface area contributed by atoms with Gasteiger partial charge in [0.05, 0.1) is 6.54 Å². The molecule has 0 unspecified atom stereocenters. The molecule has 0 aromatic carbocycles. The van der Waals surface area contributed by atoms with Crippen LogP contribution in [0.2, 0.25) is 0 Å². The molecule has 0 fully saturated rings. The smallest absolute Gasteiger partial charge is 0.330 e. The van der Waals surface area contributed by atoms with Crippen LogP contribution in [0.25, 0.3) is 0 Å². The van der Waals surface area contributed by atoms with E-state index in [0.29, 0.717) is 13.2 Å². The Labute approximate surface area is 104 Å². The molecule has 0 saturated heterocycles. The number of carbonyl (C=O) groups excluding carboxylic acids is 1. The highest BCUT2D eigenvalue weighted by Crippen LogP contribution is 2.05. The fraction of sp³-hybridized carbons (Fsp3) is 0.500. The molecule has 0 atom stereocenters. The summed E-state index contributed by atoms with van der Waals surface area (Å²) in [5, 5.41) is 0. The van der Waals surface area contributed by atoms with Gasteiger partial charge in [0.1, 0.15) is 6.61 Å². The SMILES string of the molecule is C=CCCC/C=C(/C)N(C)CCOC(=O)C=C. The lowest BCUT2D eigenvalue weighted by atomic mass is 10.2. The van der Waals surface area contributed by atoms with E-state index in [0.717, 1.165) is 19.3 Å². The van der Waals surface area contributed by atoms with Gasteiger partial charge in [-0.2, -0.15) is 0 Å². The molecule has 17 heavy (non-hydrogen) atoms. The second-order valence-corrected chi connectivity index (χ2v) is 3.86. The number of hydrogen-bond donors (Lipinski definition) is 0. The van der Waals surface area contributed by atoms with Gasteiger partial charge in [0.2, 0.25) is 0 Å². The molecule has 0 aliphatic rings. The molecule has 0 bridgehead atoms. The second kappa shape index (κ2) is 9.70. The van der Waals surface area contributed by atoms with Gasteiger partial charge >= 0.3 is 5.97 Å². The number of esters is 1. The minimum Gasteiger partial charge on any atom is -0.461 e. The van der Waals surface area contributed by atoms with Crippen LogP contribution >= 0.6 is 0 Å². The topological polar surface area (TPSA) is 29.5 Å². The van der Waals surface area contributed by atoms with Crippen LogP contribution in [0.3, 0.4) is 0 Å². The molecule has 96 valence electrons. The van der Waals surface area contributed by atoms with Gasteiger partial charge in [-0.25, -0.2) is 4.79 Å². The third-order valence-electron chi connectivity index (χ3n) is 2.49. The van der Waals surface area contributed by atoms with Crippen molar-refractivity contribution >= 4 is 5.97 Å². The zero-order chi connectivity index (χ0) is 13.1. The summed E-state index contributed by atoms with van der Waals surface area (Å²) in [6.45, 7) is 10.2. The highest BCUT2D eigenvalue weighted by atomic mass is 16.5. The summed E-state index contributed by atoms with van der Waals surface area (Å²) >= 11 is 0. The van der Waals surface area contributed by atoms with E-state index in [9.17, 15) is 4.79 Å². The summed E-state index contributed by atoms with van der Waals surface area (Å²) in [6, 6.07) is 0. The number of allylic oxidation sites excluding steroid dienone is 3. The molecule has 0 radical (unpaired) electrons. The number of nitrogens with zero attached hydrogens (tertiary/aromatic N) is 1. The molecule has 0 N–H and O–H groups in total. The Kier molecular flexibility index (Phi) is 8.84. The Morgan fingerprint density at radius 1 is 1.35 bits per heavy atom. The normalized spacial score (nSPS) is 10.8. The van der Waals surface area contributed by atoms with Crippen molar-refractivity contribution in [1.82, 2.24) is 4.90 Å². The minimum absolute atomic E-state index is 0.369. The maximum atomic E-state index is 10.8. The van der Waals surface area contributed by atoms with Crippen LogP contribution in [0.4, 0.5) is 0 Å². The standard InChI is InChI=1S/C14H23NO2/c1-5-7-8-9-10-13(3)15(4)11-12-17-14(16)6-2/h5-6,10H,1-2,7-9,11-12H2,3-4H3/b13-10-. The van der Waals surface area contributed by atoms with Crippen LogP contribution in [-0.2, 0) is 9.53 Å². The Bertz CT molecular complexity index is 282. The Morgan fingerprint density at radius 2 is 2.06 bits per heavy atom. The lowest BCUT2D eigenvalue weighted by molar-refractivity contribution is -0.137. The van der Waals surface area contributed by atoms with Gasteiger partial charge in [0, 0.05) is 18.8 Å².